The summed E-state index contributed by atoms with van der Waals surface area (Å²) in [4.78, 5) is 67.1. The summed E-state index contributed by atoms with van der Waals surface area (Å²) in [6.45, 7) is 6.75. The van der Waals surface area contributed by atoms with Crippen molar-refractivity contribution >= 4 is 78.5 Å². The first-order valence-electron chi connectivity index (χ1n) is 14.9. The molecule has 250 valence electrons. The third-order valence-electron chi connectivity index (χ3n) is 7.45. The number of rotatable bonds is 9. The SMILES string of the molecule is Cc1nc(Nc2ncc(C(=O)Nc3c(C)cccc3Cl)s2)cc(N2CCN([I-]C(=O)Nc3cccc(N4CCC(=O)NC4=O)c3)CC2)n1. The van der Waals surface area contributed by atoms with Crippen LogP contribution in [0.4, 0.5) is 43.4 Å². The number of aromatic nitrogens is 3. The molecule has 2 aliphatic heterocycles. The molecule has 17 heteroatoms. The second kappa shape index (κ2) is 14.8. The van der Waals surface area contributed by atoms with Crippen LogP contribution in [0.3, 0.4) is 0 Å². The number of urea groups is 1. The summed E-state index contributed by atoms with van der Waals surface area (Å²) >= 11 is 6.51. The zero-order chi connectivity index (χ0) is 33.8. The fraction of sp³-hybridized carbons (Fsp3) is 0.258. The van der Waals surface area contributed by atoms with Crippen molar-refractivity contribution in [2.24, 2.45) is 0 Å². The number of amides is 5. The minimum atomic E-state index is -0.959. The predicted molar refractivity (Wildman–Crippen MR) is 181 cm³/mol. The first-order valence-corrected chi connectivity index (χ1v) is 18.2. The number of anilines is 6. The fourth-order valence-corrected chi connectivity index (χ4v) is 8.04. The molecule has 0 unspecified atom stereocenters. The Labute approximate surface area is 295 Å². The maximum absolute atomic E-state index is 12.9. The molecule has 0 aliphatic carbocycles. The first kappa shape index (κ1) is 33.5. The molecule has 4 N–H and O–H groups in total. The Morgan fingerprint density at radius 1 is 0.979 bits per heavy atom. The van der Waals surface area contributed by atoms with Gasteiger partial charge in [0.2, 0.25) is 0 Å². The molecule has 2 fully saturated rings. The predicted octanol–water partition coefficient (Wildman–Crippen LogP) is 2.00. The van der Waals surface area contributed by atoms with Crippen LogP contribution in [-0.2, 0) is 4.79 Å². The van der Waals surface area contributed by atoms with Crippen molar-refractivity contribution in [3.05, 3.63) is 76.0 Å². The molecular formula is C31H31ClIN10O4S-. The first-order chi connectivity index (χ1) is 23.1. The number of aryl methyl sites for hydroxylation is 2. The number of halogens is 2. The number of imide groups is 1. The Balaban J connectivity index is 1.01. The van der Waals surface area contributed by atoms with E-state index in [4.69, 9.17) is 11.6 Å². The van der Waals surface area contributed by atoms with E-state index in [-0.39, 0.29) is 28.7 Å². The quantitative estimate of drug-likeness (QED) is 0.0853. The summed E-state index contributed by atoms with van der Waals surface area (Å²) in [5, 5.41) is 12.3. The van der Waals surface area contributed by atoms with E-state index in [0.717, 1.165) is 11.4 Å². The summed E-state index contributed by atoms with van der Waals surface area (Å²) < 4.78 is 2.12. The van der Waals surface area contributed by atoms with Crippen LogP contribution in [0, 0.1) is 13.8 Å². The summed E-state index contributed by atoms with van der Waals surface area (Å²) in [7, 11) is 0. The van der Waals surface area contributed by atoms with Gasteiger partial charge in [-0.05, 0) is 18.6 Å². The number of nitrogens with one attached hydrogen (secondary N) is 4. The van der Waals surface area contributed by atoms with Crippen LogP contribution >= 0.6 is 22.9 Å². The van der Waals surface area contributed by atoms with E-state index >= 15 is 0 Å². The molecular weight excluding hydrogens is 771 g/mol. The zero-order valence-corrected chi connectivity index (χ0v) is 29.6. The van der Waals surface area contributed by atoms with Crippen molar-refractivity contribution < 1.29 is 40.7 Å². The van der Waals surface area contributed by atoms with Crippen LogP contribution in [0.5, 0.6) is 0 Å². The van der Waals surface area contributed by atoms with Crippen molar-refractivity contribution in [2.75, 3.05) is 58.5 Å². The number of para-hydroxylation sites is 1. The Bertz CT molecular complexity index is 1860. The molecule has 5 amide bonds. The minimum absolute atomic E-state index is 0.0551. The molecule has 0 radical (unpaired) electrons. The molecule has 2 aromatic carbocycles. The number of nitrogens with zero attached hydrogens (tertiary/aromatic N) is 6. The van der Waals surface area contributed by atoms with Crippen LogP contribution in [-0.4, -0.2) is 72.5 Å². The number of carbonyl (C=O) groups excluding carboxylic acids is 4. The average molecular weight is 802 g/mol. The molecule has 2 aromatic heterocycles. The zero-order valence-electron chi connectivity index (χ0n) is 25.9. The molecule has 6 rings (SSSR count). The van der Waals surface area contributed by atoms with Gasteiger partial charge < -0.3 is 5.32 Å². The van der Waals surface area contributed by atoms with Crippen molar-refractivity contribution in [2.45, 2.75) is 20.3 Å². The standard InChI is InChI=1S/C31H31ClIN10O4S/c1-18-5-3-8-22(32)27(18)40-28(45)23-17-34-30(48-23)38-24-16-25(36-19(2)35-24)41-11-13-42(14-12-41)33-29(46)37-20-6-4-7-21(15-20)43-10-9-26(44)39-31(43)47/h3-8,15-17H,9-14H2,1-2H3,(H,37,46)(H,40,45)(H,39,44,47)(H,34,35,36,38)/q-1. The molecule has 14 nitrogen and oxygen atoms in total. The van der Waals surface area contributed by atoms with E-state index in [1.165, 1.54) is 22.4 Å². The molecule has 2 saturated heterocycles. The molecule has 0 atom stereocenters. The second-order valence-electron chi connectivity index (χ2n) is 10.9. The van der Waals surface area contributed by atoms with E-state index in [0.29, 0.717) is 69.9 Å². The van der Waals surface area contributed by atoms with Crippen molar-refractivity contribution in [3.63, 3.8) is 0 Å². The summed E-state index contributed by atoms with van der Waals surface area (Å²) in [6.07, 6.45) is 1.74. The van der Waals surface area contributed by atoms with Gasteiger partial charge in [-0.15, -0.1) is 0 Å². The average Bonchev–Trinajstić information content (AvgIpc) is 3.51. The Morgan fingerprint density at radius 2 is 1.77 bits per heavy atom. The van der Waals surface area contributed by atoms with Crippen molar-refractivity contribution in [3.8, 4) is 0 Å². The molecule has 2 aliphatic rings. The number of hydrogen-bond donors (Lipinski definition) is 4. The number of piperazine rings is 1. The second-order valence-corrected chi connectivity index (χ2v) is 15.1. The normalized spacial score (nSPS) is 15.3. The molecule has 0 bridgehead atoms. The van der Waals surface area contributed by atoms with Crippen molar-refractivity contribution in [1.82, 2.24) is 23.4 Å². The van der Waals surface area contributed by atoms with E-state index in [2.05, 4.69) is 44.2 Å². The van der Waals surface area contributed by atoms with Crippen LogP contribution in [0.15, 0.2) is 54.7 Å². The number of thiazole rings is 1. The summed E-state index contributed by atoms with van der Waals surface area (Å²) in [5.74, 6) is 1.31. The van der Waals surface area contributed by atoms with Crippen molar-refractivity contribution in [1.29, 1.82) is 0 Å². The van der Waals surface area contributed by atoms with Crippen LogP contribution in [0.25, 0.3) is 0 Å². The monoisotopic (exact) mass is 801 g/mol. The van der Waals surface area contributed by atoms with Gasteiger partial charge in [-0.25, -0.2) is 0 Å². The molecule has 48 heavy (non-hydrogen) atoms. The Hall–Kier alpha value is -4.39. The maximum atomic E-state index is 12.9. The van der Waals surface area contributed by atoms with E-state index in [1.807, 2.05) is 32.0 Å². The van der Waals surface area contributed by atoms with Gasteiger partial charge in [-0.3, -0.25) is 4.79 Å². The summed E-state index contributed by atoms with van der Waals surface area (Å²) in [5.41, 5.74) is 2.64. The molecule has 0 spiro atoms. The molecule has 4 aromatic rings. The fourth-order valence-electron chi connectivity index (χ4n) is 5.09. The van der Waals surface area contributed by atoms with Gasteiger partial charge in [0.1, 0.15) is 0 Å². The third kappa shape index (κ3) is 8.18. The van der Waals surface area contributed by atoms with E-state index in [1.54, 1.807) is 30.3 Å². The van der Waals surface area contributed by atoms with Gasteiger partial charge in [0, 0.05) is 0 Å². The number of hydrogen-bond acceptors (Lipinski definition) is 11. The van der Waals surface area contributed by atoms with Gasteiger partial charge in [-0.1, -0.05) is 23.7 Å². The van der Waals surface area contributed by atoms with E-state index in [9.17, 15) is 19.2 Å². The van der Waals surface area contributed by atoms with Gasteiger partial charge in [0.15, 0.2) is 0 Å². The molecule has 0 saturated carbocycles. The molecule has 4 heterocycles. The van der Waals surface area contributed by atoms with E-state index < -0.39 is 27.5 Å². The topological polar surface area (TPSA) is 165 Å². The van der Waals surface area contributed by atoms with Gasteiger partial charge in [0.25, 0.3) is 0 Å². The van der Waals surface area contributed by atoms with Crippen LogP contribution in [0.1, 0.15) is 27.5 Å². The van der Waals surface area contributed by atoms with Gasteiger partial charge >= 0.3 is 234 Å². The van der Waals surface area contributed by atoms with Gasteiger partial charge in [0.05, 0.1) is 10.7 Å². The third-order valence-corrected chi connectivity index (χ3v) is 11.0. The Morgan fingerprint density at radius 3 is 2.54 bits per heavy atom. The number of carbonyl (C=O) groups is 4. The van der Waals surface area contributed by atoms with Crippen LogP contribution < -0.4 is 52.5 Å². The summed E-state index contributed by atoms with van der Waals surface area (Å²) in [6, 6.07) is 13.9. The Kier molecular flexibility index (Phi) is 10.3. The number of benzene rings is 2. The van der Waals surface area contributed by atoms with Crippen LogP contribution in [0.2, 0.25) is 5.02 Å². The van der Waals surface area contributed by atoms with Gasteiger partial charge in [-0.2, -0.15) is 0 Å².